The number of rotatable bonds is 8. The highest BCUT2D eigenvalue weighted by molar-refractivity contribution is 6.10. The first-order valence-electron chi connectivity index (χ1n) is 17.9. The molecular weight excluding hydrogens is 623 g/mol. The van der Waals surface area contributed by atoms with Crippen LogP contribution in [0.5, 0.6) is 0 Å². The number of nitrogens with one attached hydrogen (secondary N) is 2. The van der Waals surface area contributed by atoms with E-state index in [1.807, 2.05) is 6.20 Å². The average molecular weight is 664 g/mol. The highest BCUT2D eigenvalue weighted by atomic mass is 15.0. The van der Waals surface area contributed by atoms with Crippen LogP contribution in [0.15, 0.2) is 152 Å². The lowest BCUT2D eigenvalue weighted by atomic mass is 9.89. The van der Waals surface area contributed by atoms with Gasteiger partial charge in [-0.2, -0.15) is 0 Å². The van der Waals surface area contributed by atoms with Crippen LogP contribution in [-0.2, 0) is 13.0 Å². The quantitative estimate of drug-likeness (QED) is 0.142. The topological polar surface area (TPSA) is 59.9 Å². The summed E-state index contributed by atoms with van der Waals surface area (Å²) in [5.74, 6) is 0. The van der Waals surface area contributed by atoms with E-state index in [9.17, 15) is 0 Å². The number of nitrogens with zero attached hydrogens (tertiary/aromatic N) is 2. The lowest BCUT2D eigenvalue weighted by Gasteiger charge is -2.25. The number of nitrogens with two attached hydrogens (primary N) is 1. The van der Waals surface area contributed by atoms with Crippen molar-refractivity contribution in [3.63, 3.8) is 0 Å². The molecule has 250 valence electrons. The number of hydrogen-bond donors (Lipinski definition) is 3. The zero-order valence-electron chi connectivity index (χ0n) is 28.8. The Morgan fingerprint density at radius 3 is 2.57 bits per heavy atom. The van der Waals surface area contributed by atoms with Crippen molar-refractivity contribution in [2.24, 2.45) is 5.73 Å². The molecule has 4 heterocycles. The zero-order valence-corrected chi connectivity index (χ0v) is 28.8. The van der Waals surface area contributed by atoms with Gasteiger partial charge in [0.1, 0.15) is 0 Å². The van der Waals surface area contributed by atoms with Gasteiger partial charge < -0.3 is 25.5 Å². The Balaban J connectivity index is 1.20. The Morgan fingerprint density at radius 2 is 1.69 bits per heavy atom. The van der Waals surface area contributed by atoms with E-state index in [1.165, 1.54) is 77.4 Å². The number of fused-ring (bicyclic) bond motifs is 8. The van der Waals surface area contributed by atoms with Crippen LogP contribution in [0.2, 0.25) is 0 Å². The van der Waals surface area contributed by atoms with Gasteiger partial charge in [-0.1, -0.05) is 85.0 Å². The van der Waals surface area contributed by atoms with Gasteiger partial charge in [-0.3, -0.25) is 0 Å². The molecule has 1 aliphatic carbocycles. The van der Waals surface area contributed by atoms with Crippen molar-refractivity contribution in [1.82, 2.24) is 19.8 Å². The molecule has 2 aromatic heterocycles. The van der Waals surface area contributed by atoms with E-state index < -0.39 is 0 Å². The SMILES string of the molecule is C/C=C\C=C/Cn1c2c(c3ccc(-c4ccc5c(c4)c4ccccc4n5-c4cc(CCN)cc(C5=CCNC=C5)c4)cc31)C1NC=CC=C1C=C2. The Hall–Kier alpha value is -6.04. The fourth-order valence-corrected chi connectivity index (χ4v) is 8.07. The molecule has 9 rings (SSSR count). The lowest BCUT2D eigenvalue weighted by molar-refractivity contribution is 0.708. The molecular formula is C46H41N5. The van der Waals surface area contributed by atoms with Crippen LogP contribution in [0, 0.1) is 0 Å². The maximum atomic E-state index is 6.08. The first kappa shape index (κ1) is 31.0. The molecule has 0 spiro atoms. The summed E-state index contributed by atoms with van der Waals surface area (Å²) >= 11 is 0. The maximum absolute atomic E-state index is 6.08. The van der Waals surface area contributed by atoms with Crippen molar-refractivity contribution < 1.29 is 0 Å². The number of dihydropyridines is 2. The van der Waals surface area contributed by atoms with E-state index in [0.717, 1.165) is 25.2 Å². The second kappa shape index (κ2) is 13.0. The summed E-state index contributed by atoms with van der Waals surface area (Å²) < 4.78 is 4.89. The molecule has 1 atom stereocenters. The van der Waals surface area contributed by atoms with Gasteiger partial charge in [-0.15, -0.1) is 0 Å². The Morgan fingerprint density at radius 1 is 0.804 bits per heavy atom. The van der Waals surface area contributed by atoms with Crippen LogP contribution in [0.3, 0.4) is 0 Å². The highest BCUT2D eigenvalue weighted by Gasteiger charge is 2.28. The first-order chi connectivity index (χ1) is 25.2. The third kappa shape index (κ3) is 5.38. The van der Waals surface area contributed by atoms with E-state index >= 15 is 0 Å². The molecule has 1 unspecified atom stereocenters. The van der Waals surface area contributed by atoms with Crippen LogP contribution < -0.4 is 16.4 Å². The third-order valence-electron chi connectivity index (χ3n) is 10.4. The van der Waals surface area contributed by atoms with Crippen molar-refractivity contribution >= 4 is 44.4 Å². The van der Waals surface area contributed by atoms with Crippen LogP contribution in [0.4, 0.5) is 0 Å². The Bertz CT molecular complexity index is 2560. The van der Waals surface area contributed by atoms with Gasteiger partial charge in [0.2, 0.25) is 0 Å². The van der Waals surface area contributed by atoms with Crippen molar-refractivity contribution in [3.8, 4) is 16.8 Å². The molecule has 51 heavy (non-hydrogen) atoms. The predicted octanol–water partition coefficient (Wildman–Crippen LogP) is 9.65. The number of aromatic nitrogens is 2. The van der Waals surface area contributed by atoms with Gasteiger partial charge in [0.15, 0.2) is 0 Å². The molecule has 5 heteroatoms. The fourth-order valence-electron chi connectivity index (χ4n) is 8.07. The van der Waals surface area contributed by atoms with Crippen molar-refractivity contribution in [2.45, 2.75) is 25.9 Å². The van der Waals surface area contributed by atoms with Gasteiger partial charge in [-0.05, 0) is 120 Å². The van der Waals surface area contributed by atoms with E-state index in [1.54, 1.807) is 0 Å². The van der Waals surface area contributed by atoms with Gasteiger partial charge in [0.05, 0.1) is 17.1 Å². The lowest BCUT2D eigenvalue weighted by Crippen LogP contribution is -2.22. The predicted molar refractivity (Wildman–Crippen MR) is 216 cm³/mol. The van der Waals surface area contributed by atoms with Crippen LogP contribution in [-0.4, -0.2) is 22.2 Å². The first-order valence-corrected chi connectivity index (χ1v) is 17.9. The summed E-state index contributed by atoms with van der Waals surface area (Å²) in [6, 6.07) is 29.8. The second-order valence-electron chi connectivity index (χ2n) is 13.5. The molecule has 0 saturated carbocycles. The zero-order chi connectivity index (χ0) is 34.3. The Kier molecular flexibility index (Phi) is 7.90. The van der Waals surface area contributed by atoms with Crippen molar-refractivity contribution in [3.05, 3.63) is 174 Å². The van der Waals surface area contributed by atoms with Gasteiger partial charge in [0, 0.05) is 51.7 Å². The minimum Gasteiger partial charge on any atom is -0.387 e. The number of benzene rings is 4. The molecule has 2 aliphatic heterocycles. The standard InChI is InChI=1S/C46H41N5/c1-2-3-4-7-25-50-43-17-13-33-9-8-22-49-46(33)45(43)39-15-12-35(30-44(39)50)34-14-16-42-40(29-34)38-10-5-6-11-41(38)51(42)37-27-31(18-21-47)26-36(28-37)32-19-23-48-24-20-32/h2-17,19-20,22-23,26-30,46,48-49H,18,21,24-25,47H2,1H3/b3-2-,7-4-. The molecule has 6 aromatic rings. The van der Waals surface area contributed by atoms with E-state index in [-0.39, 0.29) is 6.04 Å². The monoisotopic (exact) mass is 663 g/mol. The molecule has 0 amide bonds. The van der Waals surface area contributed by atoms with E-state index in [2.05, 4.69) is 173 Å². The minimum absolute atomic E-state index is 0.151. The third-order valence-corrected chi connectivity index (χ3v) is 10.4. The largest absolute Gasteiger partial charge is 0.387 e. The summed E-state index contributed by atoms with van der Waals surface area (Å²) in [7, 11) is 0. The van der Waals surface area contributed by atoms with Crippen LogP contribution >= 0.6 is 0 Å². The molecule has 4 N–H and O–H groups in total. The maximum Gasteiger partial charge on any atom is 0.0789 e. The summed E-state index contributed by atoms with van der Waals surface area (Å²) in [4.78, 5) is 0. The molecule has 5 nitrogen and oxygen atoms in total. The van der Waals surface area contributed by atoms with Crippen LogP contribution in [0.25, 0.3) is 61.2 Å². The molecule has 0 fully saturated rings. The van der Waals surface area contributed by atoms with E-state index in [4.69, 9.17) is 5.73 Å². The summed E-state index contributed by atoms with van der Waals surface area (Å²) in [5.41, 5.74) is 20.9. The molecule has 0 bridgehead atoms. The van der Waals surface area contributed by atoms with Crippen molar-refractivity contribution in [1.29, 1.82) is 0 Å². The Labute approximate surface area is 298 Å². The summed E-state index contributed by atoms with van der Waals surface area (Å²) in [6.45, 7) is 4.29. The van der Waals surface area contributed by atoms with Gasteiger partial charge in [0.25, 0.3) is 0 Å². The number of allylic oxidation sites excluding steroid dienone is 8. The smallest absolute Gasteiger partial charge is 0.0789 e. The van der Waals surface area contributed by atoms with Crippen LogP contribution in [0.1, 0.15) is 35.3 Å². The van der Waals surface area contributed by atoms with E-state index in [0.29, 0.717) is 6.54 Å². The molecule has 0 saturated heterocycles. The van der Waals surface area contributed by atoms with Gasteiger partial charge in [-0.25, -0.2) is 0 Å². The number of para-hydroxylation sites is 1. The minimum atomic E-state index is 0.151. The summed E-state index contributed by atoms with van der Waals surface area (Å²) in [6.07, 6.45) is 26.7. The average Bonchev–Trinajstić information content (AvgIpc) is 3.69. The highest BCUT2D eigenvalue weighted by Crippen LogP contribution is 2.42. The van der Waals surface area contributed by atoms with Gasteiger partial charge >= 0.3 is 0 Å². The summed E-state index contributed by atoms with van der Waals surface area (Å²) in [5, 5.41) is 10.7. The molecule has 0 radical (unpaired) electrons. The van der Waals surface area contributed by atoms with Crippen molar-refractivity contribution in [2.75, 3.05) is 13.1 Å². The molecule has 4 aromatic carbocycles. The molecule has 3 aliphatic rings. The fraction of sp³-hybridized carbons (Fsp3) is 0.130. The second-order valence-corrected chi connectivity index (χ2v) is 13.5. The number of hydrogen-bond acceptors (Lipinski definition) is 3. The normalized spacial score (nSPS) is 16.5.